The van der Waals surface area contributed by atoms with Crippen LogP contribution in [0.1, 0.15) is 39.0 Å². The molecule has 0 radical (unpaired) electrons. The molecule has 0 aromatic carbocycles. The van der Waals surface area contributed by atoms with E-state index in [4.69, 9.17) is 20.1 Å². The zero-order chi connectivity index (χ0) is 12.4. The van der Waals surface area contributed by atoms with Crippen LogP contribution in [-0.4, -0.2) is 46.7 Å². The molecule has 1 saturated heterocycles. The average Bonchev–Trinajstić information content (AvgIpc) is 2.65. The van der Waals surface area contributed by atoms with Crippen molar-refractivity contribution in [1.82, 2.24) is 0 Å². The fourth-order valence-electron chi connectivity index (χ4n) is 1.34. The van der Waals surface area contributed by atoms with Crippen LogP contribution in [0, 0.1) is 0 Å². The molecule has 0 amide bonds. The Hall–Kier alpha value is -0.650. The summed E-state index contributed by atoms with van der Waals surface area (Å²) in [6.07, 6.45) is 3.38. The summed E-state index contributed by atoms with van der Waals surface area (Å²) in [6.45, 7) is 2.46. The van der Waals surface area contributed by atoms with Gasteiger partial charge in [0.25, 0.3) is 0 Å². The molecule has 1 aliphatic rings. The number of aliphatic carboxylic acids is 1. The topological polar surface area (TPSA) is 87.0 Å². The zero-order valence-corrected chi connectivity index (χ0v) is 9.76. The average molecular weight is 234 g/mol. The number of ether oxygens (including phenoxy) is 1. The molecule has 96 valence electrons. The van der Waals surface area contributed by atoms with Crippen molar-refractivity contribution in [2.24, 2.45) is 0 Å². The maximum absolute atomic E-state index is 9.87. The number of aliphatic hydroxyl groups is 2. The first-order valence-corrected chi connectivity index (χ1v) is 5.72. The third-order valence-corrected chi connectivity index (χ3v) is 2.26. The monoisotopic (exact) mass is 234 g/mol. The Labute approximate surface area is 96.0 Å². The number of carboxylic acids is 1. The van der Waals surface area contributed by atoms with Gasteiger partial charge in [-0.05, 0) is 6.42 Å². The molecule has 2 atom stereocenters. The highest BCUT2D eigenvalue weighted by molar-refractivity contribution is 5.66. The first-order chi connectivity index (χ1) is 7.60. The van der Waals surface area contributed by atoms with Crippen LogP contribution >= 0.6 is 0 Å². The molecule has 5 heteroatoms. The molecule has 0 aliphatic carbocycles. The lowest BCUT2D eigenvalue weighted by Gasteiger charge is -2.00. The number of unbranched alkanes of at least 4 members (excludes halogenated alkanes) is 2. The van der Waals surface area contributed by atoms with Gasteiger partial charge in [-0.25, -0.2) is 0 Å². The van der Waals surface area contributed by atoms with Gasteiger partial charge < -0.3 is 20.1 Å². The molecule has 16 heavy (non-hydrogen) atoms. The van der Waals surface area contributed by atoms with Crippen LogP contribution in [0.2, 0.25) is 0 Å². The maximum atomic E-state index is 9.87. The van der Waals surface area contributed by atoms with Crippen molar-refractivity contribution < 1.29 is 24.9 Å². The molecule has 0 saturated carbocycles. The molecule has 0 aromatic heterocycles. The highest BCUT2D eigenvalue weighted by Gasteiger charge is 2.21. The molecule has 1 fully saturated rings. The summed E-state index contributed by atoms with van der Waals surface area (Å²) in [5, 5.41) is 25.4. The van der Waals surface area contributed by atoms with Crippen molar-refractivity contribution in [3.63, 3.8) is 0 Å². The number of aliphatic hydroxyl groups excluding tert-OH is 2. The van der Waals surface area contributed by atoms with Gasteiger partial charge in [-0.2, -0.15) is 0 Å². The van der Waals surface area contributed by atoms with E-state index in [-0.39, 0.29) is 18.8 Å². The van der Waals surface area contributed by atoms with Crippen LogP contribution < -0.4 is 0 Å². The molecular formula is C11H22O5. The van der Waals surface area contributed by atoms with Crippen LogP contribution in [-0.2, 0) is 9.53 Å². The smallest absolute Gasteiger partial charge is 0.303 e. The minimum Gasteiger partial charge on any atom is -0.481 e. The molecule has 1 heterocycles. The lowest BCUT2D eigenvalue weighted by molar-refractivity contribution is -0.137. The number of rotatable bonds is 5. The van der Waals surface area contributed by atoms with Gasteiger partial charge in [0, 0.05) is 12.8 Å². The van der Waals surface area contributed by atoms with Gasteiger partial charge in [0.1, 0.15) is 0 Å². The third kappa shape index (κ3) is 8.64. The largest absolute Gasteiger partial charge is 0.481 e. The van der Waals surface area contributed by atoms with Crippen LogP contribution in [0.15, 0.2) is 0 Å². The molecule has 1 rings (SSSR count). The van der Waals surface area contributed by atoms with E-state index in [1.54, 1.807) is 0 Å². The van der Waals surface area contributed by atoms with E-state index in [1.807, 2.05) is 0 Å². The summed E-state index contributed by atoms with van der Waals surface area (Å²) in [5.74, 6) is -0.682. The molecule has 0 aromatic rings. The fourth-order valence-corrected chi connectivity index (χ4v) is 1.34. The highest BCUT2D eigenvalue weighted by Crippen LogP contribution is 2.11. The summed E-state index contributed by atoms with van der Waals surface area (Å²) in [5.41, 5.74) is 0. The van der Waals surface area contributed by atoms with Gasteiger partial charge >= 0.3 is 5.97 Å². The van der Waals surface area contributed by atoms with Crippen molar-refractivity contribution in [1.29, 1.82) is 0 Å². The first kappa shape index (κ1) is 15.3. The van der Waals surface area contributed by atoms with E-state index in [1.165, 1.54) is 0 Å². The van der Waals surface area contributed by atoms with Gasteiger partial charge in [-0.3, -0.25) is 4.79 Å². The Kier molecular flexibility index (Phi) is 9.18. The van der Waals surface area contributed by atoms with Gasteiger partial charge in [-0.1, -0.05) is 19.8 Å². The van der Waals surface area contributed by atoms with Crippen LogP contribution in [0.5, 0.6) is 0 Å². The van der Waals surface area contributed by atoms with Crippen LogP contribution in [0.4, 0.5) is 0 Å². The zero-order valence-electron chi connectivity index (χ0n) is 9.76. The van der Waals surface area contributed by atoms with Gasteiger partial charge in [0.05, 0.1) is 25.4 Å². The summed E-state index contributed by atoms with van der Waals surface area (Å²) in [4.78, 5) is 9.87. The summed E-state index contributed by atoms with van der Waals surface area (Å²) in [6, 6.07) is 0. The second-order valence-electron chi connectivity index (χ2n) is 3.88. The van der Waals surface area contributed by atoms with Crippen molar-refractivity contribution >= 4 is 5.97 Å². The second kappa shape index (κ2) is 9.57. The fraction of sp³-hybridized carbons (Fsp3) is 0.909. The minimum absolute atomic E-state index is 0.0249. The van der Waals surface area contributed by atoms with Gasteiger partial charge in [0.15, 0.2) is 0 Å². The summed E-state index contributed by atoms with van der Waals surface area (Å²) in [7, 11) is 0. The normalized spacial score (nSPS) is 23.7. The molecule has 0 spiro atoms. The molecule has 5 nitrogen and oxygen atoms in total. The van der Waals surface area contributed by atoms with Crippen molar-refractivity contribution in [2.45, 2.75) is 51.2 Å². The van der Waals surface area contributed by atoms with E-state index in [0.717, 1.165) is 19.3 Å². The van der Waals surface area contributed by atoms with Crippen molar-refractivity contribution in [3.8, 4) is 0 Å². The van der Waals surface area contributed by atoms with Crippen molar-refractivity contribution in [3.05, 3.63) is 0 Å². The first-order valence-electron chi connectivity index (χ1n) is 5.72. The lowest BCUT2D eigenvalue weighted by atomic mass is 10.2. The summed E-state index contributed by atoms with van der Waals surface area (Å²) >= 11 is 0. The van der Waals surface area contributed by atoms with E-state index < -0.39 is 5.97 Å². The van der Waals surface area contributed by atoms with Crippen molar-refractivity contribution in [2.75, 3.05) is 13.2 Å². The Morgan fingerprint density at radius 3 is 2.44 bits per heavy atom. The number of hydrogen-bond acceptors (Lipinski definition) is 4. The predicted molar refractivity (Wildman–Crippen MR) is 59.2 cm³/mol. The Balaban J connectivity index is 0.000000281. The minimum atomic E-state index is -0.682. The van der Waals surface area contributed by atoms with Crippen LogP contribution in [0.25, 0.3) is 0 Å². The molecule has 0 bridgehead atoms. The maximum Gasteiger partial charge on any atom is 0.303 e. The number of carbonyl (C=O) groups is 1. The van der Waals surface area contributed by atoms with E-state index in [2.05, 4.69) is 6.92 Å². The molecule has 1 aliphatic heterocycles. The van der Waals surface area contributed by atoms with E-state index in [9.17, 15) is 4.79 Å². The second-order valence-corrected chi connectivity index (χ2v) is 3.88. The molecule has 2 unspecified atom stereocenters. The van der Waals surface area contributed by atoms with Gasteiger partial charge in [0.2, 0.25) is 0 Å². The molecule has 3 N–H and O–H groups in total. The van der Waals surface area contributed by atoms with Crippen LogP contribution in [0.3, 0.4) is 0 Å². The van der Waals surface area contributed by atoms with E-state index in [0.29, 0.717) is 19.4 Å². The number of carboxylic acid groups (broad SMARTS) is 1. The Morgan fingerprint density at radius 2 is 2.12 bits per heavy atom. The lowest BCUT2D eigenvalue weighted by Crippen LogP contribution is -2.10. The number of hydrogen-bond donors (Lipinski definition) is 3. The molecular weight excluding hydrogens is 212 g/mol. The summed E-state index contributed by atoms with van der Waals surface area (Å²) < 4.78 is 4.91. The Bertz CT molecular complexity index is 183. The van der Waals surface area contributed by atoms with E-state index >= 15 is 0 Å². The SMILES string of the molecule is CCCCCC(=O)O.OCC1CC(O)CO1. The quantitative estimate of drug-likeness (QED) is 0.612. The predicted octanol–water partition coefficient (Wildman–Crippen LogP) is 0.780. The third-order valence-electron chi connectivity index (χ3n) is 2.26. The van der Waals surface area contributed by atoms with Gasteiger partial charge in [-0.15, -0.1) is 0 Å². The highest BCUT2D eigenvalue weighted by atomic mass is 16.5. The Morgan fingerprint density at radius 1 is 1.44 bits per heavy atom. The standard InChI is InChI=1S/C6H12O2.C5H10O3/c1-2-3-4-5-6(7)8;6-2-5-1-4(7)3-8-5/h2-5H2,1H3,(H,7,8);4-7H,1-3H2.